The van der Waals surface area contributed by atoms with E-state index in [0.717, 1.165) is 16.7 Å². The van der Waals surface area contributed by atoms with Crippen LogP contribution in [0.3, 0.4) is 0 Å². The van der Waals surface area contributed by atoms with E-state index in [4.69, 9.17) is 9.47 Å². The highest BCUT2D eigenvalue weighted by Gasteiger charge is 2.47. The van der Waals surface area contributed by atoms with E-state index in [1.165, 1.54) is 23.5 Å². The summed E-state index contributed by atoms with van der Waals surface area (Å²) in [5.41, 5.74) is 2.52. The summed E-state index contributed by atoms with van der Waals surface area (Å²) in [6, 6.07) is 8.81. The Kier molecular flexibility index (Phi) is 8.27. The van der Waals surface area contributed by atoms with Gasteiger partial charge in [0.2, 0.25) is 10.0 Å². The SMILES string of the molecule is COC(=O)C1CC(Oc2ccccc2F)CN1S(=O)(=O)c1c(C(C)C)cc(C(C)C)cc1C(C)C. The molecule has 0 amide bonds. The first kappa shape index (κ1) is 27.1. The van der Waals surface area contributed by atoms with Crippen LogP contribution in [0.1, 0.15) is 82.4 Å². The maximum atomic E-state index is 14.3. The molecule has 192 valence electrons. The summed E-state index contributed by atoms with van der Waals surface area (Å²) in [5.74, 6) is -1.07. The number of ether oxygens (including phenoxy) is 2. The minimum atomic E-state index is -4.11. The van der Waals surface area contributed by atoms with Gasteiger partial charge in [-0.1, -0.05) is 65.8 Å². The molecule has 35 heavy (non-hydrogen) atoms. The van der Waals surface area contributed by atoms with E-state index in [-0.39, 0.29) is 41.4 Å². The number of carbonyl (C=O) groups excluding carboxylic acids is 1. The van der Waals surface area contributed by atoms with Gasteiger partial charge < -0.3 is 9.47 Å². The third-order valence-corrected chi connectivity index (χ3v) is 8.48. The van der Waals surface area contributed by atoms with Crippen molar-refractivity contribution in [1.29, 1.82) is 0 Å². The lowest BCUT2D eigenvalue weighted by atomic mass is 9.89. The van der Waals surface area contributed by atoms with E-state index >= 15 is 0 Å². The number of halogens is 1. The summed E-state index contributed by atoms with van der Waals surface area (Å²) < 4.78 is 54.6. The van der Waals surface area contributed by atoms with Crippen LogP contribution in [-0.2, 0) is 19.6 Å². The molecule has 0 saturated carbocycles. The first-order valence-corrected chi connectivity index (χ1v) is 13.5. The van der Waals surface area contributed by atoms with Crippen molar-refractivity contribution < 1.29 is 27.1 Å². The van der Waals surface area contributed by atoms with Crippen LogP contribution in [0.4, 0.5) is 4.39 Å². The predicted molar refractivity (Wildman–Crippen MR) is 134 cm³/mol. The van der Waals surface area contributed by atoms with Crippen molar-refractivity contribution in [3.8, 4) is 5.75 Å². The fourth-order valence-electron chi connectivity index (χ4n) is 4.49. The van der Waals surface area contributed by atoms with Crippen molar-refractivity contribution in [3.63, 3.8) is 0 Å². The van der Waals surface area contributed by atoms with Gasteiger partial charge in [-0.25, -0.2) is 12.8 Å². The molecule has 1 fully saturated rings. The van der Waals surface area contributed by atoms with Gasteiger partial charge in [0.1, 0.15) is 12.1 Å². The van der Waals surface area contributed by atoms with E-state index in [2.05, 4.69) is 13.8 Å². The third kappa shape index (κ3) is 5.54. The molecule has 6 nitrogen and oxygen atoms in total. The number of hydrogen-bond donors (Lipinski definition) is 0. The van der Waals surface area contributed by atoms with Crippen molar-refractivity contribution >= 4 is 16.0 Å². The van der Waals surface area contributed by atoms with Gasteiger partial charge in [-0.05, 0) is 46.6 Å². The van der Waals surface area contributed by atoms with Crippen LogP contribution in [0, 0.1) is 5.82 Å². The Labute approximate surface area is 208 Å². The number of sulfonamides is 1. The summed E-state index contributed by atoms with van der Waals surface area (Å²) in [5, 5.41) is 0. The number of methoxy groups -OCH3 is 1. The molecule has 0 bridgehead atoms. The Morgan fingerprint density at radius 3 is 2.06 bits per heavy atom. The van der Waals surface area contributed by atoms with Gasteiger partial charge in [0.15, 0.2) is 11.6 Å². The van der Waals surface area contributed by atoms with Crippen molar-refractivity contribution in [2.75, 3.05) is 13.7 Å². The second kappa shape index (κ2) is 10.7. The van der Waals surface area contributed by atoms with Gasteiger partial charge in [0, 0.05) is 6.42 Å². The number of benzene rings is 2. The third-order valence-electron chi connectivity index (χ3n) is 6.47. The van der Waals surface area contributed by atoms with Gasteiger partial charge >= 0.3 is 5.97 Å². The number of hydrogen-bond acceptors (Lipinski definition) is 5. The van der Waals surface area contributed by atoms with Crippen molar-refractivity contribution in [2.24, 2.45) is 0 Å². The van der Waals surface area contributed by atoms with Crippen LogP contribution in [0.15, 0.2) is 41.3 Å². The van der Waals surface area contributed by atoms with E-state index in [0.29, 0.717) is 0 Å². The maximum Gasteiger partial charge on any atom is 0.324 e. The normalized spacial score (nSPS) is 19.1. The monoisotopic (exact) mass is 505 g/mol. The average molecular weight is 506 g/mol. The Morgan fingerprint density at radius 1 is 1.00 bits per heavy atom. The van der Waals surface area contributed by atoms with Crippen LogP contribution in [0.25, 0.3) is 0 Å². The lowest BCUT2D eigenvalue weighted by Gasteiger charge is -2.28. The van der Waals surface area contributed by atoms with Crippen LogP contribution >= 0.6 is 0 Å². The number of carbonyl (C=O) groups is 1. The van der Waals surface area contributed by atoms with Crippen LogP contribution in [-0.4, -0.2) is 44.5 Å². The van der Waals surface area contributed by atoms with E-state index in [9.17, 15) is 17.6 Å². The molecule has 1 aliphatic heterocycles. The molecule has 8 heteroatoms. The quantitative estimate of drug-likeness (QED) is 0.438. The second-order valence-corrected chi connectivity index (χ2v) is 11.8. The van der Waals surface area contributed by atoms with Crippen LogP contribution in [0.2, 0.25) is 0 Å². The number of rotatable bonds is 8. The van der Waals surface area contributed by atoms with Crippen molar-refractivity contribution in [3.05, 3.63) is 58.9 Å². The van der Waals surface area contributed by atoms with Crippen molar-refractivity contribution in [2.45, 2.75) is 82.8 Å². The first-order chi connectivity index (χ1) is 16.4. The molecule has 0 aliphatic carbocycles. The lowest BCUT2D eigenvalue weighted by molar-refractivity contribution is -0.144. The Morgan fingerprint density at radius 2 is 1.57 bits per heavy atom. The average Bonchev–Trinajstić information content (AvgIpc) is 3.23. The lowest BCUT2D eigenvalue weighted by Crippen LogP contribution is -2.42. The summed E-state index contributed by atoms with van der Waals surface area (Å²) in [6.07, 6.45) is -0.635. The zero-order valence-corrected chi connectivity index (χ0v) is 22.4. The zero-order chi connectivity index (χ0) is 26.1. The Bertz CT molecular complexity index is 1150. The topological polar surface area (TPSA) is 72.9 Å². The first-order valence-electron chi connectivity index (χ1n) is 12.1. The fourth-order valence-corrected chi connectivity index (χ4v) is 6.78. The molecule has 0 N–H and O–H groups in total. The molecule has 1 aliphatic rings. The highest BCUT2D eigenvalue weighted by molar-refractivity contribution is 7.89. The van der Waals surface area contributed by atoms with E-state index < -0.39 is 34.0 Å². The molecule has 1 saturated heterocycles. The molecule has 2 aromatic rings. The Balaban J connectivity index is 2.12. The van der Waals surface area contributed by atoms with E-state index in [1.807, 2.05) is 39.8 Å². The second-order valence-electron chi connectivity index (χ2n) is 10.0. The van der Waals surface area contributed by atoms with Gasteiger partial charge in [0.05, 0.1) is 18.6 Å². The van der Waals surface area contributed by atoms with E-state index in [1.54, 1.807) is 12.1 Å². The minimum absolute atomic E-state index is 0.0207. The van der Waals surface area contributed by atoms with Crippen LogP contribution in [0.5, 0.6) is 5.75 Å². The fraction of sp³-hybridized carbons (Fsp3) is 0.519. The highest BCUT2D eigenvalue weighted by atomic mass is 32.2. The molecule has 3 rings (SSSR count). The molecule has 2 unspecified atom stereocenters. The van der Waals surface area contributed by atoms with Gasteiger partial charge in [0.25, 0.3) is 0 Å². The van der Waals surface area contributed by atoms with Gasteiger partial charge in [-0.2, -0.15) is 4.31 Å². The molecule has 0 radical (unpaired) electrons. The largest absolute Gasteiger partial charge is 0.486 e. The van der Waals surface area contributed by atoms with Crippen molar-refractivity contribution in [1.82, 2.24) is 4.31 Å². The summed E-state index contributed by atoms with van der Waals surface area (Å²) in [4.78, 5) is 12.9. The number of esters is 1. The Hall–Kier alpha value is -2.45. The highest BCUT2D eigenvalue weighted by Crippen LogP contribution is 2.39. The number of para-hydroxylation sites is 1. The zero-order valence-electron chi connectivity index (χ0n) is 21.5. The molecule has 0 aromatic heterocycles. The standard InChI is InChI=1S/C27H36FNO5S/c1-16(2)19-12-21(17(3)4)26(22(13-19)18(5)6)35(31,32)29-15-20(14-24(29)27(30)33-7)34-25-11-9-8-10-23(25)28/h8-13,16-18,20,24H,14-15H2,1-7H3. The molecule has 1 heterocycles. The molecule has 2 atom stereocenters. The summed E-state index contributed by atoms with van der Waals surface area (Å²) in [6.45, 7) is 11.9. The molecule has 0 spiro atoms. The molecular weight excluding hydrogens is 469 g/mol. The molecule has 2 aromatic carbocycles. The number of nitrogens with zero attached hydrogens (tertiary/aromatic N) is 1. The summed E-state index contributed by atoms with van der Waals surface area (Å²) >= 11 is 0. The summed E-state index contributed by atoms with van der Waals surface area (Å²) in [7, 11) is -2.88. The van der Waals surface area contributed by atoms with Crippen LogP contribution < -0.4 is 4.74 Å². The predicted octanol–water partition coefficient (Wildman–Crippen LogP) is 5.58. The van der Waals surface area contributed by atoms with Gasteiger partial charge in [-0.15, -0.1) is 0 Å². The smallest absolute Gasteiger partial charge is 0.324 e. The molecular formula is C27H36FNO5S. The van der Waals surface area contributed by atoms with Gasteiger partial charge in [-0.3, -0.25) is 4.79 Å². The minimum Gasteiger partial charge on any atom is -0.486 e. The maximum absolute atomic E-state index is 14.3.